The summed E-state index contributed by atoms with van der Waals surface area (Å²) in [5.74, 6) is 0.619. The average molecular weight is 256 g/mol. The zero-order valence-electron chi connectivity index (χ0n) is 9.60. The molecule has 1 fully saturated rings. The molecule has 1 aliphatic carbocycles. The van der Waals surface area contributed by atoms with Crippen molar-refractivity contribution in [3.63, 3.8) is 0 Å². The van der Waals surface area contributed by atoms with E-state index in [0.29, 0.717) is 11.9 Å². The molecule has 1 aromatic rings. The quantitative estimate of drug-likeness (QED) is 0.461. The molecule has 0 atom stereocenters. The van der Waals surface area contributed by atoms with Crippen LogP contribution in [-0.4, -0.2) is 22.5 Å². The summed E-state index contributed by atoms with van der Waals surface area (Å²) in [5, 5.41) is 10.9. The molecule has 17 heavy (non-hydrogen) atoms. The molecule has 0 saturated heterocycles. The van der Waals surface area contributed by atoms with E-state index in [-0.39, 0.29) is 10.8 Å². The number of rotatable bonds is 5. The summed E-state index contributed by atoms with van der Waals surface area (Å²) in [7, 11) is 0. The molecule has 1 heterocycles. The Morgan fingerprint density at radius 3 is 2.82 bits per heavy atom. The van der Waals surface area contributed by atoms with E-state index in [1.807, 2.05) is 0 Å². The van der Waals surface area contributed by atoms with Gasteiger partial charge in [0.15, 0.2) is 0 Å². The number of anilines is 1. The van der Waals surface area contributed by atoms with Crippen LogP contribution in [0.1, 0.15) is 26.2 Å². The van der Waals surface area contributed by atoms with Crippen molar-refractivity contribution in [2.24, 2.45) is 0 Å². The van der Waals surface area contributed by atoms with Crippen molar-refractivity contribution in [1.29, 1.82) is 0 Å². The number of pyridine rings is 1. The van der Waals surface area contributed by atoms with E-state index in [1.54, 1.807) is 0 Å². The van der Waals surface area contributed by atoms with Crippen LogP contribution in [0, 0.1) is 10.1 Å². The largest absolute Gasteiger partial charge is 0.353 e. The summed E-state index contributed by atoms with van der Waals surface area (Å²) in [4.78, 5) is 16.6. The number of aromatic nitrogens is 1. The molecular weight excluding hydrogens is 242 g/mol. The van der Waals surface area contributed by atoms with E-state index in [4.69, 9.17) is 11.6 Å². The Morgan fingerprint density at radius 1 is 1.59 bits per heavy atom. The lowest BCUT2D eigenvalue weighted by molar-refractivity contribution is -0.384. The molecule has 0 spiro atoms. The van der Waals surface area contributed by atoms with E-state index >= 15 is 0 Å². The van der Waals surface area contributed by atoms with Gasteiger partial charge in [-0.15, -0.1) is 0 Å². The number of nitro groups is 1. The predicted octanol–water partition coefficient (Wildman–Crippen LogP) is 3.02. The van der Waals surface area contributed by atoms with Gasteiger partial charge in [-0.05, 0) is 19.3 Å². The predicted molar refractivity (Wildman–Crippen MR) is 66.6 cm³/mol. The monoisotopic (exact) mass is 255 g/mol. The van der Waals surface area contributed by atoms with Crippen molar-refractivity contribution < 1.29 is 4.92 Å². The van der Waals surface area contributed by atoms with Gasteiger partial charge in [0, 0.05) is 12.6 Å². The molecule has 5 nitrogen and oxygen atoms in total. The van der Waals surface area contributed by atoms with Gasteiger partial charge in [-0.3, -0.25) is 10.1 Å². The lowest BCUT2D eigenvalue weighted by atomic mass is 10.3. The van der Waals surface area contributed by atoms with Gasteiger partial charge in [-0.2, -0.15) is 0 Å². The smallest absolute Gasteiger partial charge is 0.276 e. The lowest BCUT2D eigenvalue weighted by Crippen LogP contribution is -2.27. The first kappa shape index (κ1) is 12.1. The first-order valence-corrected chi connectivity index (χ1v) is 6.08. The van der Waals surface area contributed by atoms with E-state index in [0.717, 1.165) is 25.8 Å². The maximum absolute atomic E-state index is 10.8. The van der Waals surface area contributed by atoms with Gasteiger partial charge in [-0.1, -0.05) is 18.5 Å². The minimum atomic E-state index is -0.436. The van der Waals surface area contributed by atoms with Crippen LogP contribution in [0.4, 0.5) is 11.5 Å². The van der Waals surface area contributed by atoms with Crippen LogP contribution < -0.4 is 4.90 Å². The number of hydrogen-bond acceptors (Lipinski definition) is 4. The topological polar surface area (TPSA) is 59.3 Å². The van der Waals surface area contributed by atoms with Gasteiger partial charge in [0.05, 0.1) is 17.1 Å². The lowest BCUT2D eigenvalue weighted by Gasteiger charge is -2.22. The summed E-state index contributed by atoms with van der Waals surface area (Å²) >= 11 is 5.82. The highest BCUT2D eigenvalue weighted by molar-refractivity contribution is 6.29. The van der Waals surface area contributed by atoms with Crippen LogP contribution in [0.2, 0.25) is 5.15 Å². The molecule has 1 saturated carbocycles. The Balaban J connectivity index is 2.31. The Bertz CT molecular complexity index is 435. The number of halogens is 1. The third-order valence-corrected chi connectivity index (χ3v) is 2.92. The normalized spacial score (nSPS) is 14.7. The molecule has 0 aromatic carbocycles. The number of hydrogen-bond donors (Lipinski definition) is 0. The Labute approximate surface area is 105 Å². The van der Waals surface area contributed by atoms with Gasteiger partial charge < -0.3 is 4.90 Å². The molecule has 0 radical (unpaired) electrons. The van der Waals surface area contributed by atoms with E-state index in [1.165, 1.54) is 12.1 Å². The second-order valence-electron chi connectivity index (χ2n) is 4.19. The standard InChI is InChI=1S/C11H14ClN3O2/c1-2-5-14(8-3-4-8)11-7-9(15(16)17)6-10(12)13-11/h6-8H,2-5H2,1H3. The molecule has 0 N–H and O–H groups in total. The molecule has 92 valence electrons. The number of nitrogens with zero attached hydrogens (tertiary/aromatic N) is 3. The molecule has 0 amide bonds. The molecular formula is C11H14ClN3O2. The van der Waals surface area contributed by atoms with E-state index in [2.05, 4.69) is 16.8 Å². The molecule has 0 bridgehead atoms. The molecule has 0 aliphatic heterocycles. The Kier molecular flexibility index (Phi) is 3.47. The van der Waals surface area contributed by atoms with Crippen molar-refractivity contribution in [3.8, 4) is 0 Å². The first-order chi connectivity index (χ1) is 8.11. The average Bonchev–Trinajstić information content (AvgIpc) is 3.08. The van der Waals surface area contributed by atoms with Crippen LogP contribution in [0.25, 0.3) is 0 Å². The Hall–Kier alpha value is -1.36. The summed E-state index contributed by atoms with van der Waals surface area (Å²) in [5.41, 5.74) is 0.00162. The van der Waals surface area contributed by atoms with Gasteiger partial charge >= 0.3 is 0 Å². The first-order valence-electron chi connectivity index (χ1n) is 5.70. The van der Waals surface area contributed by atoms with Gasteiger partial charge in [-0.25, -0.2) is 4.98 Å². The van der Waals surface area contributed by atoms with Crippen LogP contribution >= 0.6 is 11.6 Å². The fourth-order valence-corrected chi connectivity index (χ4v) is 2.03. The molecule has 1 aromatic heterocycles. The second kappa shape index (κ2) is 4.87. The maximum Gasteiger partial charge on any atom is 0.276 e. The van der Waals surface area contributed by atoms with E-state index < -0.39 is 4.92 Å². The zero-order chi connectivity index (χ0) is 12.4. The molecule has 6 heteroatoms. The van der Waals surface area contributed by atoms with Crippen LogP contribution in [-0.2, 0) is 0 Å². The maximum atomic E-state index is 10.8. The van der Waals surface area contributed by atoms with Gasteiger partial charge in [0.2, 0.25) is 0 Å². The fraction of sp³-hybridized carbons (Fsp3) is 0.545. The summed E-state index contributed by atoms with van der Waals surface area (Å²) in [6, 6.07) is 3.25. The SMILES string of the molecule is CCCN(c1cc([N+](=O)[O-])cc(Cl)n1)C1CC1. The summed E-state index contributed by atoms with van der Waals surface area (Å²) in [6.07, 6.45) is 3.24. The molecule has 1 aliphatic rings. The highest BCUT2D eigenvalue weighted by Crippen LogP contribution is 2.33. The minimum absolute atomic E-state index is 0.00162. The zero-order valence-corrected chi connectivity index (χ0v) is 10.4. The van der Waals surface area contributed by atoms with Crippen LogP contribution in [0.15, 0.2) is 12.1 Å². The summed E-state index contributed by atoms with van der Waals surface area (Å²) in [6.45, 7) is 2.93. The molecule has 0 unspecified atom stereocenters. The third kappa shape index (κ3) is 2.85. The van der Waals surface area contributed by atoms with Crippen molar-refractivity contribution in [3.05, 3.63) is 27.4 Å². The van der Waals surface area contributed by atoms with Gasteiger partial charge in [0.1, 0.15) is 11.0 Å². The van der Waals surface area contributed by atoms with Crippen LogP contribution in [0.3, 0.4) is 0 Å². The van der Waals surface area contributed by atoms with Crippen molar-refractivity contribution in [2.75, 3.05) is 11.4 Å². The van der Waals surface area contributed by atoms with E-state index in [9.17, 15) is 10.1 Å². The summed E-state index contributed by atoms with van der Waals surface area (Å²) < 4.78 is 0. The highest BCUT2D eigenvalue weighted by atomic mass is 35.5. The minimum Gasteiger partial charge on any atom is -0.353 e. The third-order valence-electron chi connectivity index (χ3n) is 2.72. The second-order valence-corrected chi connectivity index (χ2v) is 4.58. The van der Waals surface area contributed by atoms with Gasteiger partial charge in [0.25, 0.3) is 5.69 Å². The van der Waals surface area contributed by atoms with Crippen molar-refractivity contribution in [1.82, 2.24) is 4.98 Å². The molecule has 2 rings (SSSR count). The van der Waals surface area contributed by atoms with Crippen molar-refractivity contribution in [2.45, 2.75) is 32.2 Å². The van der Waals surface area contributed by atoms with Crippen LogP contribution in [0.5, 0.6) is 0 Å². The fourth-order valence-electron chi connectivity index (χ4n) is 1.83. The highest BCUT2D eigenvalue weighted by Gasteiger charge is 2.30. The Morgan fingerprint density at radius 2 is 2.29 bits per heavy atom. The van der Waals surface area contributed by atoms with Crippen molar-refractivity contribution >= 4 is 23.1 Å².